The summed E-state index contributed by atoms with van der Waals surface area (Å²) in [6.07, 6.45) is 1.68. The van der Waals surface area contributed by atoms with Crippen LogP contribution in [-0.4, -0.2) is 38.2 Å². The molecular formula is C17H25NO5. The van der Waals surface area contributed by atoms with Crippen molar-refractivity contribution in [3.63, 3.8) is 0 Å². The van der Waals surface area contributed by atoms with E-state index in [1.165, 1.54) is 7.11 Å². The Morgan fingerprint density at radius 2 is 1.83 bits per heavy atom. The van der Waals surface area contributed by atoms with E-state index in [1.54, 1.807) is 18.2 Å². The van der Waals surface area contributed by atoms with Gasteiger partial charge >= 0.3 is 5.97 Å². The number of nitrogens with one attached hydrogen (secondary N) is 1. The predicted octanol–water partition coefficient (Wildman–Crippen LogP) is 2.56. The third kappa shape index (κ3) is 5.81. The molecule has 0 aliphatic heterocycles. The molecule has 0 atom stereocenters. The van der Waals surface area contributed by atoms with Crippen molar-refractivity contribution in [3.05, 3.63) is 23.8 Å². The van der Waals surface area contributed by atoms with Crippen LogP contribution in [0.3, 0.4) is 0 Å². The monoisotopic (exact) mass is 323 g/mol. The lowest BCUT2D eigenvalue weighted by molar-refractivity contribution is -0.125. The summed E-state index contributed by atoms with van der Waals surface area (Å²) in [6, 6.07) is 4.85. The van der Waals surface area contributed by atoms with E-state index in [-0.39, 0.29) is 18.6 Å². The van der Waals surface area contributed by atoms with Gasteiger partial charge in [-0.2, -0.15) is 0 Å². The number of rotatable bonds is 9. The van der Waals surface area contributed by atoms with Gasteiger partial charge in [0.2, 0.25) is 0 Å². The third-order valence-electron chi connectivity index (χ3n) is 3.38. The molecule has 1 aromatic rings. The summed E-state index contributed by atoms with van der Waals surface area (Å²) in [4.78, 5) is 23.8. The zero-order valence-electron chi connectivity index (χ0n) is 14.2. The highest BCUT2D eigenvalue weighted by molar-refractivity contribution is 5.92. The van der Waals surface area contributed by atoms with Crippen molar-refractivity contribution >= 4 is 11.9 Å². The lowest BCUT2D eigenvalue weighted by Gasteiger charge is -2.15. The number of carbonyl (C=O) groups is 2. The Bertz CT molecular complexity index is 526. The average molecular weight is 323 g/mol. The normalized spacial score (nSPS) is 10.3. The fourth-order valence-electron chi connectivity index (χ4n) is 2.05. The SMILES string of the molecule is CCOc1cc(C(=O)OCC(=O)NC(CC)CC)ccc1OC. The number of methoxy groups -OCH3 is 1. The molecule has 0 bridgehead atoms. The number of benzene rings is 1. The molecule has 0 saturated heterocycles. The van der Waals surface area contributed by atoms with Crippen LogP contribution in [0.5, 0.6) is 11.5 Å². The number of carbonyl (C=O) groups excluding carboxylic acids is 2. The molecule has 0 aromatic heterocycles. The van der Waals surface area contributed by atoms with Gasteiger partial charge in [-0.15, -0.1) is 0 Å². The number of amides is 1. The van der Waals surface area contributed by atoms with Crippen molar-refractivity contribution in [3.8, 4) is 11.5 Å². The van der Waals surface area contributed by atoms with Gasteiger partial charge < -0.3 is 19.5 Å². The fourth-order valence-corrected chi connectivity index (χ4v) is 2.05. The van der Waals surface area contributed by atoms with Crippen LogP contribution < -0.4 is 14.8 Å². The second-order valence-corrected chi connectivity index (χ2v) is 4.96. The Balaban J connectivity index is 2.64. The fraction of sp³-hybridized carbons (Fsp3) is 0.529. The molecule has 128 valence electrons. The molecule has 0 spiro atoms. The molecular weight excluding hydrogens is 298 g/mol. The zero-order chi connectivity index (χ0) is 17.2. The Labute approximate surface area is 137 Å². The molecule has 0 unspecified atom stereocenters. The van der Waals surface area contributed by atoms with E-state index < -0.39 is 5.97 Å². The van der Waals surface area contributed by atoms with Gasteiger partial charge in [0.15, 0.2) is 18.1 Å². The molecule has 0 heterocycles. The van der Waals surface area contributed by atoms with Gasteiger partial charge in [-0.05, 0) is 38.0 Å². The maximum atomic E-state index is 12.0. The second kappa shape index (κ2) is 9.71. The largest absolute Gasteiger partial charge is 0.493 e. The first kappa shape index (κ1) is 18.8. The summed E-state index contributed by atoms with van der Waals surface area (Å²) in [5.41, 5.74) is 0.310. The topological polar surface area (TPSA) is 73.9 Å². The van der Waals surface area contributed by atoms with Gasteiger partial charge in [-0.25, -0.2) is 4.79 Å². The van der Waals surface area contributed by atoms with E-state index in [9.17, 15) is 9.59 Å². The Morgan fingerprint density at radius 3 is 2.39 bits per heavy atom. The smallest absolute Gasteiger partial charge is 0.338 e. The van der Waals surface area contributed by atoms with Gasteiger partial charge in [0.1, 0.15) is 0 Å². The first-order valence-electron chi connectivity index (χ1n) is 7.82. The lowest BCUT2D eigenvalue weighted by atomic mass is 10.2. The van der Waals surface area contributed by atoms with Crippen molar-refractivity contribution in [2.75, 3.05) is 20.3 Å². The quantitative estimate of drug-likeness (QED) is 0.707. The van der Waals surface area contributed by atoms with E-state index in [0.29, 0.717) is 23.7 Å². The highest BCUT2D eigenvalue weighted by atomic mass is 16.5. The number of hydrogen-bond donors (Lipinski definition) is 1. The molecule has 0 fully saturated rings. The molecule has 0 aliphatic rings. The van der Waals surface area contributed by atoms with Crippen LogP contribution in [-0.2, 0) is 9.53 Å². The number of ether oxygens (including phenoxy) is 3. The van der Waals surface area contributed by atoms with Crippen LogP contribution in [0, 0.1) is 0 Å². The standard InChI is InChI=1S/C17H25NO5/c1-5-13(6-2)18-16(19)11-23-17(20)12-8-9-14(21-4)15(10-12)22-7-3/h8-10,13H,5-7,11H2,1-4H3,(H,18,19). The first-order chi connectivity index (χ1) is 11.0. The first-order valence-corrected chi connectivity index (χ1v) is 7.82. The van der Waals surface area contributed by atoms with Gasteiger partial charge in [-0.3, -0.25) is 4.79 Å². The second-order valence-electron chi connectivity index (χ2n) is 4.96. The number of esters is 1. The minimum atomic E-state index is -0.576. The average Bonchev–Trinajstić information content (AvgIpc) is 2.57. The molecule has 6 heteroatoms. The number of hydrogen-bond acceptors (Lipinski definition) is 5. The highest BCUT2D eigenvalue weighted by Crippen LogP contribution is 2.28. The van der Waals surface area contributed by atoms with Gasteiger partial charge in [0, 0.05) is 6.04 Å². The van der Waals surface area contributed by atoms with Crippen LogP contribution in [0.15, 0.2) is 18.2 Å². The van der Waals surface area contributed by atoms with E-state index in [1.807, 2.05) is 20.8 Å². The predicted molar refractivity (Wildman–Crippen MR) is 87.0 cm³/mol. The van der Waals surface area contributed by atoms with Crippen LogP contribution >= 0.6 is 0 Å². The summed E-state index contributed by atoms with van der Waals surface area (Å²) >= 11 is 0. The molecule has 0 radical (unpaired) electrons. The van der Waals surface area contributed by atoms with Crippen molar-refractivity contribution in [1.29, 1.82) is 0 Å². The van der Waals surface area contributed by atoms with Crippen LogP contribution in [0.1, 0.15) is 44.0 Å². The van der Waals surface area contributed by atoms with E-state index in [2.05, 4.69) is 5.32 Å². The summed E-state index contributed by atoms with van der Waals surface area (Å²) in [5, 5.41) is 2.81. The molecule has 0 aliphatic carbocycles. The Kier molecular flexibility index (Phi) is 7.94. The molecule has 0 saturated carbocycles. The van der Waals surface area contributed by atoms with Crippen molar-refractivity contribution in [2.45, 2.75) is 39.7 Å². The van der Waals surface area contributed by atoms with E-state index >= 15 is 0 Å². The molecule has 23 heavy (non-hydrogen) atoms. The van der Waals surface area contributed by atoms with E-state index in [4.69, 9.17) is 14.2 Å². The van der Waals surface area contributed by atoms with Crippen molar-refractivity contribution in [2.24, 2.45) is 0 Å². The maximum Gasteiger partial charge on any atom is 0.338 e. The molecule has 1 rings (SSSR count). The zero-order valence-corrected chi connectivity index (χ0v) is 14.2. The highest BCUT2D eigenvalue weighted by Gasteiger charge is 2.15. The molecule has 6 nitrogen and oxygen atoms in total. The van der Waals surface area contributed by atoms with Crippen molar-refractivity contribution < 1.29 is 23.8 Å². The minimum absolute atomic E-state index is 0.103. The van der Waals surface area contributed by atoms with Crippen LogP contribution in [0.25, 0.3) is 0 Å². The summed E-state index contributed by atoms with van der Waals surface area (Å²) in [6.45, 7) is 5.98. The molecule has 1 N–H and O–H groups in total. The van der Waals surface area contributed by atoms with Crippen molar-refractivity contribution in [1.82, 2.24) is 5.32 Å². The van der Waals surface area contributed by atoms with Crippen LogP contribution in [0.2, 0.25) is 0 Å². The summed E-state index contributed by atoms with van der Waals surface area (Å²) in [5.74, 6) is 0.125. The third-order valence-corrected chi connectivity index (χ3v) is 3.38. The van der Waals surface area contributed by atoms with E-state index in [0.717, 1.165) is 12.8 Å². The minimum Gasteiger partial charge on any atom is -0.493 e. The van der Waals surface area contributed by atoms with Crippen LogP contribution in [0.4, 0.5) is 0 Å². The molecule has 1 amide bonds. The lowest BCUT2D eigenvalue weighted by Crippen LogP contribution is -2.36. The van der Waals surface area contributed by atoms with Gasteiger partial charge in [0.05, 0.1) is 19.3 Å². The summed E-state index contributed by atoms with van der Waals surface area (Å²) < 4.78 is 15.6. The Morgan fingerprint density at radius 1 is 1.13 bits per heavy atom. The summed E-state index contributed by atoms with van der Waals surface area (Å²) in [7, 11) is 1.53. The Hall–Kier alpha value is -2.24. The van der Waals surface area contributed by atoms with Gasteiger partial charge in [-0.1, -0.05) is 13.8 Å². The maximum absolute atomic E-state index is 12.0. The van der Waals surface area contributed by atoms with Gasteiger partial charge in [0.25, 0.3) is 5.91 Å². The molecule has 1 aromatic carbocycles.